The standard InChI is InChI=1S/C13H19BrClN/c1-4-8-16(10(2)3)13-7-5-6-12(15)11(13)9-14/h5-7,10H,4,8-9H2,1-3H3. The zero-order valence-electron chi connectivity index (χ0n) is 10.1. The van der Waals surface area contributed by atoms with Crippen LogP contribution >= 0.6 is 27.5 Å². The van der Waals surface area contributed by atoms with Gasteiger partial charge in [0.25, 0.3) is 0 Å². The molecule has 90 valence electrons. The number of benzene rings is 1. The molecule has 0 saturated heterocycles. The lowest BCUT2D eigenvalue weighted by atomic mass is 10.1. The van der Waals surface area contributed by atoms with E-state index in [4.69, 9.17) is 11.6 Å². The van der Waals surface area contributed by atoms with Gasteiger partial charge in [-0.2, -0.15) is 0 Å². The number of hydrogen-bond acceptors (Lipinski definition) is 1. The van der Waals surface area contributed by atoms with Crippen LogP contribution in [0.5, 0.6) is 0 Å². The van der Waals surface area contributed by atoms with E-state index in [0.717, 1.165) is 23.3 Å². The van der Waals surface area contributed by atoms with Gasteiger partial charge in [0.2, 0.25) is 0 Å². The Morgan fingerprint density at radius 1 is 1.38 bits per heavy atom. The lowest BCUT2D eigenvalue weighted by Gasteiger charge is -2.30. The van der Waals surface area contributed by atoms with Crippen molar-refractivity contribution in [3.8, 4) is 0 Å². The van der Waals surface area contributed by atoms with Gasteiger partial charge in [-0.1, -0.05) is 40.5 Å². The molecule has 0 fully saturated rings. The summed E-state index contributed by atoms with van der Waals surface area (Å²) in [5.74, 6) is 0. The molecule has 0 radical (unpaired) electrons. The summed E-state index contributed by atoms with van der Waals surface area (Å²) >= 11 is 9.74. The minimum absolute atomic E-state index is 0.496. The van der Waals surface area contributed by atoms with Gasteiger partial charge in [0.1, 0.15) is 0 Å². The molecule has 0 amide bonds. The molecule has 0 unspecified atom stereocenters. The van der Waals surface area contributed by atoms with E-state index in [2.05, 4.69) is 47.7 Å². The van der Waals surface area contributed by atoms with Gasteiger partial charge in [-0.05, 0) is 32.4 Å². The molecule has 1 aromatic rings. The van der Waals surface area contributed by atoms with Crippen LogP contribution in [0.4, 0.5) is 5.69 Å². The van der Waals surface area contributed by atoms with Crippen molar-refractivity contribution in [2.24, 2.45) is 0 Å². The van der Waals surface area contributed by atoms with E-state index < -0.39 is 0 Å². The van der Waals surface area contributed by atoms with Gasteiger partial charge in [-0.3, -0.25) is 0 Å². The van der Waals surface area contributed by atoms with Crippen LogP contribution in [0.15, 0.2) is 18.2 Å². The van der Waals surface area contributed by atoms with Gasteiger partial charge >= 0.3 is 0 Å². The zero-order valence-corrected chi connectivity index (χ0v) is 12.5. The van der Waals surface area contributed by atoms with Crippen LogP contribution in [-0.2, 0) is 5.33 Å². The van der Waals surface area contributed by atoms with Crippen LogP contribution in [0, 0.1) is 0 Å². The summed E-state index contributed by atoms with van der Waals surface area (Å²) in [6.07, 6.45) is 1.15. The Morgan fingerprint density at radius 2 is 2.06 bits per heavy atom. The number of alkyl halides is 1. The SMILES string of the molecule is CCCN(c1cccc(Cl)c1CBr)C(C)C. The van der Waals surface area contributed by atoms with Crippen molar-refractivity contribution in [1.29, 1.82) is 0 Å². The minimum Gasteiger partial charge on any atom is -0.369 e. The molecule has 1 rings (SSSR count). The maximum atomic E-state index is 6.22. The highest BCUT2D eigenvalue weighted by Crippen LogP contribution is 2.30. The number of halogens is 2. The van der Waals surface area contributed by atoms with Gasteiger partial charge in [0, 0.05) is 34.2 Å². The Labute approximate surface area is 112 Å². The molecule has 16 heavy (non-hydrogen) atoms. The van der Waals surface area contributed by atoms with Gasteiger partial charge in [-0.15, -0.1) is 0 Å². The maximum absolute atomic E-state index is 6.22. The number of anilines is 1. The van der Waals surface area contributed by atoms with Crippen molar-refractivity contribution < 1.29 is 0 Å². The molecule has 0 bridgehead atoms. The Hall–Kier alpha value is -0.210. The first kappa shape index (κ1) is 13.9. The number of hydrogen-bond donors (Lipinski definition) is 0. The summed E-state index contributed by atoms with van der Waals surface area (Å²) < 4.78 is 0. The monoisotopic (exact) mass is 303 g/mol. The lowest BCUT2D eigenvalue weighted by Crippen LogP contribution is -2.32. The quantitative estimate of drug-likeness (QED) is 0.702. The first-order valence-electron chi connectivity index (χ1n) is 5.71. The third-order valence-electron chi connectivity index (χ3n) is 2.63. The van der Waals surface area contributed by atoms with Crippen LogP contribution < -0.4 is 4.90 Å². The molecule has 0 N–H and O–H groups in total. The predicted molar refractivity (Wildman–Crippen MR) is 76.9 cm³/mol. The Bertz CT molecular complexity index is 339. The molecule has 0 spiro atoms. The van der Waals surface area contributed by atoms with Gasteiger partial charge < -0.3 is 4.90 Å². The molecule has 3 heteroatoms. The summed E-state index contributed by atoms with van der Waals surface area (Å²) in [6, 6.07) is 6.62. The Morgan fingerprint density at radius 3 is 2.56 bits per heavy atom. The van der Waals surface area contributed by atoms with Crippen molar-refractivity contribution in [3.63, 3.8) is 0 Å². The summed E-state index contributed by atoms with van der Waals surface area (Å²) in [5, 5.41) is 1.64. The highest BCUT2D eigenvalue weighted by molar-refractivity contribution is 9.08. The smallest absolute Gasteiger partial charge is 0.0467 e. The van der Waals surface area contributed by atoms with E-state index in [1.54, 1.807) is 0 Å². The Kier molecular flexibility index (Phi) is 5.63. The Balaban J connectivity index is 3.12. The van der Waals surface area contributed by atoms with E-state index >= 15 is 0 Å². The lowest BCUT2D eigenvalue weighted by molar-refractivity contribution is 0.669. The number of nitrogens with zero attached hydrogens (tertiary/aromatic N) is 1. The predicted octanol–water partition coefficient (Wildman–Crippen LogP) is 4.86. The average Bonchev–Trinajstić information content (AvgIpc) is 2.25. The third-order valence-corrected chi connectivity index (χ3v) is 3.54. The van der Waals surface area contributed by atoms with E-state index in [1.807, 2.05) is 12.1 Å². The summed E-state index contributed by atoms with van der Waals surface area (Å²) in [5.41, 5.74) is 2.44. The molecule has 1 aromatic carbocycles. The zero-order chi connectivity index (χ0) is 12.1. The highest BCUT2D eigenvalue weighted by atomic mass is 79.9. The maximum Gasteiger partial charge on any atom is 0.0467 e. The average molecular weight is 305 g/mol. The molecule has 1 nitrogen and oxygen atoms in total. The van der Waals surface area contributed by atoms with Crippen LogP contribution in [0.3, 0.4) is 0 Å². The second-order valence-corrected chi connectivity index (χ2v) is 5.13. The summed E-state index contributed by atoms with van der Waals surface area (Å²) in [7, 11) is 0. The minimum atomic E-state index is 0.496. The summed E-state index contributed by atoms with van der Waals surface area (Å²) in [4.78, 5) is 2.41. The fourth-order valence-electron chi connectivity index (χ4n) is 1.85. The van der Waals surface area contributed by atoms with E-state index in [-0.39, 0.29) is 0 Å². The molecule has 0 aliphatic carbocycles. The van der Waals surface area contributed by atoms with E-state index in [9.17, 15) is 0 Å². The first-order valence-corrected chi connectivity index (χ1v) is 7.21. The van der Waals surface area contributed by atoms with Crippen LogP contribution in [0.1, 0.15) is 32.8 Å². The molecule has 0 atom stereocenters. The summed E-state index contributed by atoms with van der Waals surface area (Å²) in [6.45, 7) is 7.70. The molecule has 0 saturated carbocycles. The van der Waals surface area contributed by atoms with Crippen LogP contribution in [0.25, 0.3) is 0 Å². The van der Waals surface area contributed by atoms with Crippen molar-refractivity contribution >= 4 is 33.2 Å². The van der Waals surface area contributed by atoms with E-state index in [0.29, 0.717) is 6.04 Å². The highest BCUT2D eigenvalue weighted by Gasteiger charge is 2.14. The fourth-order valence-corrected chi connectivity index (χ4v) is 2.83. The third kappa shape index (κ3) is 3.14. The van der Waals surface area contributed by atoms with Gasteiger partial charge in [0.05, 0.1) is 0 Å². The van der Waals surface area contributed by atoms with Gasteiger partial charge in [-0.25, -0.2) is 0 Å². The van der Waals surface area contributed by atoms with Gasteiger partial charge in [0.15, 0.2) is 0 Å². The van der Waals surface area contributed by atoms with Crippen LogP contribution in [0.2, 0.25) is 5.02 Å². The van der Waals surface area contributed by atoms with Crippen molar-refractivity contribution in [1.82, 2.24) is 0 Å². The second-order valence-electron chi connectivity index (χ2n) is 4.16. The molecule has 0 aliphatic heterocycles. The molecule has 0 heterocycles. The van der Waals surface area contributed by atoms with Crippen molar-refractivity contribution in [2.45, 2.75) is 38.6 Å². The van der Waals surface area contributed by atoms with Crippen molar-refractivity contribution in [3.05, 3.63) is 28.8 Å². The number of rotatable bonds is 5. The molecule has 0 aliphatic rings. The molecule has 0 aromatic heterocycles. The normalized spacial score (nSPS) is 10.9. The molecular formula is C13H19BrClN. The fraction of sp³-hybridized carbons (Fsp3) is 0.538. The van der Waals surface area contributed by atoms with Crippen molar-refractivity contribution in [2.75, 3.05) is 11.4 Å². The second kappa shape index (κ2) is 6.51. The molecular weight excluding hydrogens is 286 g/mol. The largest absolute Gasteiger partial charge is 0.369 e. The van der Waals surface area contributed by atoms with E-state index in [1.165, 1.54) is 11.3 Å². The van der Waals surface area contributed by atoms with Crippen LogP contribution in [-0.4, -0.2) is 12.6 Å². The first-order chi connectivity index (χ1) is 7.61. The topological polar surface area (TPSA) is 3.24 Å².